The van der Waals surface area contributed by atoms with Gasteiger partial charge in [0.05, 0.1) is 31.8 Å². The van der Waals surface area contributed by atoms with Crippen LogP contribution in [-0.2, 0) is 30.4 Å². The van der Waals surface area contributed by atoms with Crippen molar-refractivity contribution in [2.45, 2.75) is 127 Å². The van der Waals surface area contributed by atoms with Gasteiger partial charge in [0.2, 0.25) is 5.91 Å². The van der Waals surface area contributed by atoms with Gasteiger partial charge in [0.25, 0.3) is 0 Å². The lowest BCUT2D eigenvalue weighted by molar-refractivity contribution is -0.211. The van der Waals surface area contributed by atoms with Gasteiger partial charge in [0.15, 0.2) is 12.2 Å². The minimum Gasteiger partial charge on any atom is -0.451 e. The molecule has 1 aliphatic rings. The number of aliphatic hydroxyl groups is 3. The molecular weight excluding hydrogens is 634 g/mol. The predicted octanol–water partition coefficient (Wildman–Crippen LogP) is 6.18. The van der Waals surface area contributed by atoms with Crippen LogP contribution in [0, 0.1) is 0 Å². The monoisotopic (exact) mass is 689 g/mol. The van der Waals surface area contributed by atoms with Gasteiger partial charge in [-0.25, -0.2) is 4.79 Å². The molecule has 9 nitrogen and oxygen atoms in total. The fourth-order valence-corrected chi connectivity index (χ4v) is 6.41. The minimum absolute atomic E-state index is 0.00891. The number of hydrogen-bond acceptors (Lipinski definition) is 8. The second-order valence-electron chi connectivity index (χ2n) is 13.2. The topological polar surface area (TPSA) is 135 Å². The molecule has 1 amide bonds. The third kappa shape index (κ3) is 12.3. The third-order valence-electron chi connectivity index (χ3n) is 9.30. The van der Waals surface area contributed by atoms with Gasteiger partial charge in [-0.1, -0.05) is 156 Å². The molecule has 1 heterocycles. The molecule has 0 bridgehead atoms. The van der Waals surface area contributed by atoms with E-state index >= 15 is 0 Å². The van der Waals surface area contributed by atoms with Crippen LogP contribution in [0.15, 0.2) is 91.0 Å². The highest BCUT2D eigenvalue weighted by atomic mass is 16.6. The van der Waals surface area contributed by atoms with E-state index in [9.17, 15) is 24.9 Å². The van der Waals surface area contributed by atoms with E-state index in [0.717, 1.165) is 36.0 Å². The zero-order chi connectivity index (χ0) is 35.6. The number of carbonyl (C=O) groups excluding carboxylic acids is 2. The SMILES string of the molecule is CCCCCCCCCCC[C@H](CC(=O)N[C@@H]1[C@@H](O)[C@H](O)[C@@H](CO)O[C@@H]1C(=O)OC(c1ccccc1)c1ccccc1)OCc1ccccc1. The van der Waals surface area contributed by atoms with Gasteiger partial charge in [-0.2, -0.15) is 0 Å². The summed E-state index contributed by atoms with van der Waals surface area (Å²) >= 11 is 0. The molecule has 1 fully saturated rings. The lowest BCUT2D eigenvalue weighted by Crippen LogP contribution is -2.66. The number of rotatable bonds is 21. The smallest absolute Gasteiger partial charge is 0.338 e. The van der Waals surface area contributed by atoms with E-state index in [1.807, 2.05) is 91.0 Å². The summed E-state index contributed by atoms with van der Waals surface area (Å²) in [6.07, 6.45) is 4.19. The molecule has 3 aromatic carbocycles. The zero-order valence-corrected chi connectivity index (χ0v) is 29.3. The van der Waals surface area contributed by atoms with E-state index in [0.29, 0.717) is 13.0 Å². The van der Waals surface area contributed by atoms with Gasteiger partial charge in [-0.3, -0.25) is 4.79 Å². The molecule has 50 heavy (non-hydrogen) atoms. The number of ether oxygens (including phenoxy) is 3. The molecule has 1 saturated heterocycles. The first-order chi connectivity index (χ1) is 24.4. The number of amides is 1. The summed E-state index contributed by atoms with van der Waals surface area (Å²) in [6.45, 7) is 1.92. The van der Waals surface area contributed by atoms with Crippen LogP contribution >= 0.6 is 0 Å². The van der Waals surface area contributed by atoms with Crippen molar-refractivity contribution >= 4 is 11.9 Å². The average Bonchev–Trinajstić information content (AvgIpc) is 3.15. The average molecular weight is 690 g/mol. The van der Waals surface area contributed by atoms with E-state index < -0.39 is 61.1 Å². The van der Waals surface area contributed by atoms with Gasteiger partial charge in [0, 0.05) is 0 Å². The van der Waals surface area contributed by atoms with Gasteiger partial charge < -0.3 is 34.8 Å². The van der Waals surface area contributed by atoms with Gasteiger partial charge in [-0.05, 0) is 23.1 Å². The molecule has 4 N–H and O–H groups in total. The number of unbranched alkanes of at least 4 members (excludes halogenated alkanes) is 8. The molecule has 0 aliphatic carbocycles. The Hall–Kier alpha value is -3.60. The lowest BCUT2D eigenvalue weighted by Gasteiger charge is -2.42. The van der Waals surface area contributed by atoms with Gasteiger partial charge in [-0.15, -0.1) is 0 Å². The predicted molar refractivity (Wildman–Crippen MR) is 192 cm³/mol. The third-order valence-corrected chi connectivity index (χ3v) is 9.30. The van der Waals surface area contributed by atoms with Gasteiger partial charge >= 0.3 is 5.97 Å². The molecule has 0 unspecified atom stereocenters. The largest absolute Gasteiger partial charge is 0.451 e. The Kier molecular flexibility index (Phi) is 16.9. The molecule has 0 radical (unpaired) electrons. The van der Waals surface area contributed by atoms with Gasteiger partial charge in [0.1, 0.15) is 18.3 Å². The van der Waals surface area contributed by atoms with Crippen LogP contribution in [0.1, 0.15) is 100 Å². The Morgan fingerprint density at radius 1 is 0.760 bits per heavy atom. The first kappa shape index (κ1) is 39.2. The fraction of sp³-hybridized carbons (Fsp3) is 0.512. The second-order valence-corrected chi connectivity index (χ2v) is 13.2. The van der Waals surface area contributed by atoms with Crippen LogP contribution in [-0.4, -0.2) is 70.4 Å². The molecule has 0 aromatic heterocycles. The number of aliphatic hydroxyl groups excluding tert-OH is 3. The van der Waals surface area contributed by atoms with E-state index in [4.69, 9.17) is 14.2 Å². The molecule has 6 atom stereocenters. The van der Waals surface area contributed by atoms with E-state index in [1.54, 1.807) is 0 Å². The van der Waals surface area contributed by atoms with Crippen LogP contribution < -0.4 is 5.32 Å². The quantitative estimate of drug-likeness (QED) is 0.0770. The Morgan fingerprint density at radius 3 is 1.86 bits per heavy atom. The molecule has 0 spiro atoms. The van der Waals surface area contributed by atoms with Crippen molar-refractivity contribution in [3.05, 3.63) is 108 Å². The van der Waals surface area contributed by atoms with Crippen molar-refractivity contribution in [1.29, 1.82) is 0 Å². The zero-order valence-electron chi connectivity index (χ0n) is 29.3. The summed E-state index contributed by atoms with van der Waals surface area (Å²) in [7, 11) is 0. The number of nitrogens with one attached hydrogen (secondary N) is 1. The summed E-state index contributed by atoms with van der Waals surface area (Å²) in [4.78, 5) is 27.4. The highest BCUT2D eigenvalue weighted by Crippen LogP contribution is 2.29. The first-order valence-electron chi connectivity index (χ1n) is 18.3. The Morgan fingerprint density at radius 2 is 1.30 bits per heavy atom. The van der Waals surface area contributed by atoms with Crippen molar-refractivity contribution in [2.24, 2.45) is 0 Å². The van der Waals surface area contributed by atoms with Crippen molar-refractivity contribution in [3.63, 3.8) is 0 Å². The van der Waals surface area contributed by atoms with Crippen LogP contribution in [0.5, 0.6) is 0 Å². The Balaban J connectivity index is 1.43. The minimum atomic E-state index is -1.60. The summed E-state index contributed by atoms with van der Waals surface area (Å²) < 4.78 is 18.1. The maximum absolute atomic E-state index is 13.8. The van der Waals surface area contributed by atoms with Crippen molar-refractivity contribution in [3.8, 4) is 0 Å². The Labute approximate surface area is 297 Å². The molecule has 9 heteroatoms. The fourth-order valence-electron chi connectivity index (χ4n) is 6.41. The molecular formula is C41H55NO8. The van der Waals surface area contributed by atoms with E-state index in [-0.39, 0.29) is 6.42 Å². The van der Waals surface area contributed by atoms with E-state index in [2.05, 4.69) is 12.2 Å². The first-order valence-corrected chi connectivity index (χ1v) is 18.3. The normalized spacial score (nSPS) is 21.1. The summed E-state index contributed by atoms with van der Waals surface area (Å²) in [5, 5.41) is 34.5. The molecule has 272 valence electrons. The molecule has 4 rings (SSSR count). The van der Waals surface area contributed by atoms with Crippen molar-refractivity contribution < 1.29 is 39.1 Å². The molecule has 3 aromatic rings. The number of benzene rings is 3. The van der Waals surface area contributed by atoms with Crippen LogP contribution in [0.4, 0.5) is 0 Å². The maximum atomic E-state index is 13.8. The van der Waals surface area contributed by atoms with E-state index in [1.165, 1.54) is 38.5 Å². The Bertz CT molecular complexity index is 1340. The molecule has 1 aliphatic heterocycles. The summed E-state index contributed by atoms with van der Waals surface area (Å²) in [6, 6.07) is 26.9. The van der Waals surface area contributed by atoms with Crippen LogP contribution in [0.25, 0.3) is 0 Å². The standard InChI is InChI=1S/C41H55NO8/c1-2-3-4-5-6-7-8-9-19-26-33(48-29-30-20-13-10-14-21-30)27-35(44)42-36-38(46)37(45)34(28-43)49-40(36)41(47)50-39(31-22-15-11-16-23-31)32-24-17-12-18-25-32/h10-18,20-25,33-34,36-40,43,45-46H,2-9,19,26-29H2,1H3,(H,42,44)/t33-,34-,36-,37-,38-,40+/m1/s1. The van der Waals surface area contributed by atoms with Crippen molar-refractivity contribution in [1.82, 2.24) is 5.32 Å². The lowest BCUT2D eigenvalue weighted by atomic mass is 9.92. The maximum Gasteiger partial charge on any atom is 0.338 e. The highest BCUT2D eigenvalue weighted by molar-refractivity contribution is 5.81. The number of esters is 1. The second kappa shape index (κ2) is 21.6. The highest BCUT2D eigenvalue weighted by Gasteiger charge is 2.49. The van der Waals surface area contributed by atoms with Crippen molar-refractivity contribution in [2.75, 3.05) is 6.61 Å². The van der Waals surface area contributed by atoms with Crippen LogP contribution in [0.2, 0.25) is 0 Å². The summed E-state index contributed by atoms with van der Waals surface area (Å²) in [5.41, 5.74) is 2.43. The molecule has 0 saturated carbocycles. The number of hydrogen-bond donors (Lipinski definition) is 4. The number of carbonyl (C=O) groups is 2. The van der Waals surface area contributed by atoms with Crippen LogP contribution in [0.3, 0.4) is 0 Å². The summed E-state index contributed by atoms with van der Waals surface area (Å²) in [5.74, 6) is -1.30.